The van der Waals surface area contributed by atoms with Gasteiger partial charge in [0.15, 0.2) is 0 Å². The first kappa shape index (κ1) is 17.2. The smallest absolute Gasteiger partial charge is 0.307 e. The van der Waals surface area contributed by atoms with E-state index < -0.39 is 0 Å². The fraction of sp³-hybridized carbons (Fsp3) is 0.667. The Labute approximate surface area is 126 Å². The van der Waals surface area contributed by atoms with E-state index in [-0.39, 0.29) is 11.9 Å². The number of hydrogen-bond acceptors (Lipinski definition) is 6. The minimum absolute atomic E-state index is 0.234. The largest absolute Gasteiger partial charge is 0.469 e. The maximum atomic E-state index is 11.2. The Morgan fingerprint density at radius 2 is 1.76 bits per heavy atom. The molecule has 118 valence electrons. The summed E-state index contributed by atoms with van der Waals surface area (Å²) in [5.41, 5.74) is 0.970. The summed E-state index contributed by atoms with van der Waals surface area (Å²) in [5, 5.41) is 6.52. The van der Waals surface area contributed by atoms with E-state index in [1.165, 1.54) is 7.11 Å². The van der Waals surface area contributed by atoms with Crippen molar-refractivity contribution in [3.63, 3.8) is 0 Å². The van der Waals surface area contributed by atoms with Crippen molar-refractivity contribution in [3.05, 3.63) is 11.4 Å². The monoisotopic (exact) mass is 294 g/mol. The molecule has 6 nitrogen and oxygen atoms in total. The van der Waals surface area contributed by atoms with Crippen molar-refractivity contribution in [1.29, 1.82) is 0 Å². The van der Waals surface area contributed by atoms with E-state index in [2.05, 4.69) is 46.1 Å². The van der Waals surface area contributed by atoms with Crippen LogP contribution in [0.15, 0.2) is 0 Å². The zero-order valence-electron chi connectivity index (χ0n) is 13.6. The molecule has 0 aromatic carbocycles. The molecule has 0 unspecified atom stereocenters. The highest BCUT2D eigenvalue weighted by Gasteiger charge is 2.13. The van der Waals surface area contributed by atoms with Crippen LogP contribution in [0.5, 0.6) is 0 Å². The van der Waals surface area contributed by atoms with Crippen molar-refractivity contribution in [2.45, 2.75) is 46.5 Å². The van der Waals surface area contributed by atoms with Crippen molar-refractivity contribution < 1.29 is 9.53 Å². The summed E-state index contributed by atoms with van der Waals surface area (Å²) < 4.78 is 4.63. The predicted octanol–water partition coefficient (Wildman–Crippen LogP) is 2.71. The molecule has 0 saturated heterocycles. The minimum Gasteiger partial charge on any atom is -0.469 e. The van der Waals surface area contributed by atoms with Crippen LogP contribution in [0.4, 0.5) is 11.6 Å². The molecule has 0 bridgehead atoms. The highest BCUT2D eigenvalue weighted by atomic mass is 16.5. The first-order chi connectivity index (χ1) is 9.99. The van der Waals surface area contributed by atoms with Gasteiger partial charge in [0, 0.05) is 24.6 Å². The van der Waals surface area contributed by atoms with E-state index in [1.54, 1.807) is 0 Å². The Kier molecular flexibility index (Phi) is 6.91. The van der Waals surface area contributed by atoms with E-state index in [9.17, 15) is 4.79 Å². The number of methoxy groups -OCH3 is 1. The molecule has 0 fully saturated rings. The zero-order chi connectivity index (χ0) is 15.8. The number of nitrogens with zero attached hydrogens (tertiary/aromatic N) is 2. The quantitative estimate of drug-likeness (QED) is 0.718. The summed E-state index contributed by atoms with van der Waals surface area (Å²) in [6, 6.07) is 0. The summed E-state index contributed by atoms with van der Waals surface area (Å²) in [5.74, 6) is 2.43. The van der Waals surface area contributed by atoms with Crippen molar-refractivity contribution in [3.8, 4) is 0 Å². The first-order valence-corrected chi connectivity index (χ1v) is 7.42. The van der Waals surface area contributed by atoms with Crippen LogP contribution >= 0.6 is 0 Å². The molecule has 0 saturated carbocycles. The van der Waals surface area contributed by atoms with Crippen molar-refractivity contribution in [2.24, 2.45) is 0 Å². The van der Waals surface area contributed by atoms with E-state index in [1.807, 2.05) is 6.92 Å². The third kappa shape index (κ3) is 5.21. The number of esters is 1. The molecule has 1 aromatic heterocycles. The second-order valence-corrected chi connectivity index (χ2v) is 5.24. The summed E-state index contributed by atoms with van der Waals surface area (Å²) in [4.78, 5) is 20.3. The maximum Gasteiger partial charge on any atom is 0.307 e. The summed E-state index contributed by atoms with van der Waals surface area (Å²) in [7, 11) is 1.39. The average molecular weight is 294 g/mol. The van der Waals surface area contributed by atoms with Gasteiger partial charge in [-0.2, -0.15) is 0 Å². The molecule has 0 aliphatic carbocycles. The number of ether oxygens (including phenoxy) is 1. The van der Waals surface area contributed by atoms with Gasteiger partial charge in [-0.05, 0) is 13.3 Å². The molecule has 21 heavy (non-hydrogen) atoms. The number of anilines is 2. The molecule has 1 rings (SSSR count). The van der Waals surface area contributed by atoms with Crippen LogP contribution in [0, 0.1) is 6.92 Å². The van der Waals surface area contributed by atoms with Crippen LogP contribution in [0.1, 0.15) is 50.9 Å². The van der Waals surface area contributed by atoms with E-state index >= 15 is 0 Å². The molecule has 0 spiro atoms. The molecule has 0 aliphatic rings. The van der Waals surface area contributed by atoms with Gasteiger partial charge in [-0.15, -0.1) is 0 Å². The van der Waals surface area contributed by atoms with Gasteiger partial charge in [0.05, 0.1) is 13.5 Å². The molecule has 0 atom stereocenters. The number of carbonyl (C=O) groups is 1. The molecular weight excluding hydrogens is 268 g/mol. The van der Waals surface area contributed by atoms with Crippen molar-refractivity contribution in [2.75, 3.05) is 30.8 Å². The standard InChI is InChI=1S/C15H26N4O2/c1-6-8-16-14-11(4)15(17-9-7-12(20)21-5)19-13(18-14)10(2)3/h10H,6-9H2,1-5H3,(H2,16,17,18,19). The Hall–Kier alpha value is -1.85. The SMILES string of the molecule is CCCNc1nc(C(C)C)nc(NCCC(=O)OC)c1C. The minimum atomic E-state index is -0.234. The van der Waals surface area contributed by atoms with Crippen LogP contribution < -0.4 is 10.6 Å². The van der Waals surface area contributed by atoms with Crippen LogP contribution in [0.25, 0.3) is 0 Å². The number of nitrogens with one attached hydrogen (secondary N) is 2. The van der Waals surface area contributed by atoms with Crippen LogP contribution in [-0.2, 0) is 9.53 Å². The first-order valence-electron chi connectivity index (χ1n) is 7.42. The topological polar surface area (TPSA) is 76.1 Å². The van der Waals surface area contributed by atoms with Crippen LogP contribution in [0.2, 0.25) is 0 Å². The number of hydrogen-bond donors (Lipinski definition) is 2. The van der Waals surface area contributed by atoms with Crippen molar-refractivity contribution >= 4 is 17.6 Å². The Morgan fingerprint density at radius 1 is 1.19 bits per heavy atom. The van der Waals surface area contributed by atoms with Crippen LogP contribution in [0.3, 0.4) is 0 Å². The fourth-order valence-corrected chi connectivity index (χ4v) is 1.76. The number of aromatic nitrogens is 2. The lowest BCUT2D eigenvalue weighted by Gasteiger charge is -2.16. The number of carbonyl (C=O) groups excluding carboxylic acids is 1. The second kappa shape index (κ2) is 8.44. The zero-order valence-corrected chi connectivity index (χ0v) is 13.6. The third-order valence-electron chi connectivity index (χ3n) is 3.07. The summed E-state index contributed by atoms with van der Waals surface area (Å²) in [6.45, 7) is 9.58. The number of rotatable bonds is 8. The van der Waals surface area contributed by atoms with E-state index in [0.29, 0.717) is 13.0 Å². The van der Waals surface area contributed by atoms with Gasteiger partial charge >= 0.3 is 5.97 Å². The van der Waals surface area contributed by atoms with Gasteiger partial charge in [0.2, 0.25) is 0 Å². The molecule has 1 aromatic rings. The highest BCUT2D eigenvalue weighted by molar-refractivity contribution is 5.70. The molecule has 0 radical (unpaired) electrons. The van der Waals surface area contributed by atoms with Gasteiger partial charge in [0.25, 0.3) is 0 Å². The normalized spacial score (nSPS) is 10.6. The summed E-state index contributed by atoms with van der Waals surface area (Å²) >= 11 is 0. The molecule has 1 heterocycles. The Morgan fingerprint density at radius 3 is 2.24 bits per heavy atom. The van der Waals surface area contributed by atoms with Gasteiger partial charge < -0.3 is 15.4 Å². The maximum absolute atomic E-state index is 11.2. The van der Waals surface area contributed by atoms with Gasteiger partial charge in [0.1, 0.15) is 17.5 Å². The molecular formula is C15H26N4O2. The summed E-state index contributed by atoms with van der Waals surface area (Å²) in [6.07, 6.45) is 1.35. The lowest BCUT2D eigenvalue weighted by atomic mass is 10.2. The van der Waals surface area contributed by atoms with E-state index in [0.717, 1.165) is 36.0 Å². The highest BCUT2D eigenvalue weighted by Crippen LogP contribution is 2.23. The Bertz CT molecular complexity index is 475. The lowest BCUT2D eigenvalue weighted by Crippen LogP contribution is -2.15. The van der Waals surface area contributed by atoms with Gasteiger partial charge in [-0.1, -0.05) is 20.8 Å². The molecule has 0 aliphatic heterocycles. The molecule has 0 amide bonds. The average Bonchev–Trinajstić information content (AvgIpc) is 2.47. The fourth-order valence-electron chi connectivity index (χ4n) is 1.76. The molecule has 2 N–H and O–H groups in total. The second-order valence-electron chi connectivity index (χ2n) is 5.24. The van der Waals surface area contributed by atoms with Gasteiger partial charge in [-0.25, -0.2) is 9.97 Å². The Balaban J connectivity index is 2.89. The van der Waals surface area contributed by atoms with E-state index in [4.69, 9.17) is 0 Å². The van der Waals surface area contributed by atoms with Gasteiger partial charge in [-0.3, -0.25) is 4.79 Å². The predicted molar refractivity (Wildman–Crippen MR) is 84.8 cm³/mol. The lowest BCUT2D eigenvalue weighted by molar-refractivity contribution is -0.140. The molecule has 6 heteroatoms. The third-order valence-corrected chi connectivity index (χ3v) is 3.07. The van der Waals surface area contributed by atoms with Crippen molar-refractivity contribution in [1.82, 2.24) is 9.97 Å². The van der Waals surface area contributed by atoms with Crippen LogP contribution in [-0.4, -0.2) is 36.1 Å².